The third-order valence-electron chi connectivity index (χ3n) is 4.85. The predicted octanol–water partition coefficient (Wildman–Crippen LogP) is 2.19. The second-order valence-electron chi connectivity index (χ2n) is 6.95. The van der Waals surface area contributed by atoms with Crippen LogP contribution in [0.4, 0.5) is 5.69 Å². The van der Waals surface area contributed by atoms with E-state index in [9.17, 15) is 19.5 Å². The van der Waals surface area contributed by atoms with Crippen molar-refractivity contribution in [2.24, 2.45) is 11.8 Å². The number of nitrogens with one attached hydrogen (secondary N) is 2. The number of hydrogen-bond acceptors (Lipinski definition) is 8. The molecule has 10 heteroatoms. The minimum Gasteiger partial charge on any atom is -0.501 e. The van der Waals surface area contributed by atoms with Gasteiger partial charge in [-0.05, 0) is 36.7 Å². The fourth-order valence-corrected chi connectivity index (χ4v) is 3.68. The maximum Gasteiger partial charge on any atom is 0.342 e. The van der Waals surface area contributed by atoms with Crippen molar-refractivity contribution in [2.75, 3.05) is 32.2 Å². The number of thiocarbonyl (C=S) groups is 1. The SMILES string of the molecule is C=CCOC(=O)c1cccc(NC(=O)C2CC(C(C(=O)OCC=C)C(O)=S)CN2)c1OC. The molecule has 1 aromatic rings. The Kier molecular flexibility index (Phi) is 9.36. The number of benzene rings is 1. The zero-order chi connectivity index (χ0) is 23.7. The maximum absolute atomic E-state index is 12.8. The lowest BCUT2D eigenvalue weighted by Gasteiger charge is -2.19. The van der Waals surface area contributed by atoms with Crippen LogP contribution in [0.5, 0.6) is 5.75 Å². The van der Waals surface area contributed by atoms with Gasteiger partial charge in [0.25, 0.3) is 0 Å². The number of carbonyl (C=O) groups excluding carboxylic acids is 3. The zero-order valence-corrected chi connectivity index (χ0v) is 18.5. The normalized spacial score (nSPS) is 18.2. The van der Waals surface area contributed by atoms with E-state index in [1.54, 1.807) is 12.1 Å². The maximum atomic E-state index is 12.8. The van der Waals surface area contributed by atoms with Crippen LogP contribution in [-0.2, 0) is 19.1 Å². The Hall–Kier alpha value is -3.24. The molecule has 1 fully saturated rings. The summed E-state index contributed by atoms with van der Waals surface area (Å²) in [6.45, 7) is 7.27. The Labute approximate surface area is 191 Å². The van der Waals surface area contributed by atoms with E-state index in [1.807, 2.05) is 0 Å². The van der Waals surface area contributed by atoms with Crippen molar-refractivity contribution >= 4 is 40.8 Å². The lowest BCUT2D eigenvalue weighted by atomic mass is 9.90. The van der Waals surface area contributed by atoms with Crippen LogP contribution in [0, 0.1) is 11.8 Å². The van der Waals surface area contributed by atoms with E-state index in [0.29, 0.717) is 0 Å². The second-order valence-corrected chi connectivity index (χ2v) is 7.37. The molecule has 32 heavy (non-hydrogen) atoms. The van der Waals surface area contributed by atoms with Gasteiger partial charge in [0.15, 0.2) is 10.8 Å². The summed E-state index contributed by atoms with van der Waals surface area (Å²) in [5, 5.41) is 15.1. The number of aliphatic hydroxyl groups excluding tert-OH is 1. The molecule has 3 N–H and O–H groups in total. The van der Waals surface area contributed by atoms with Crippen molar-refractivity contribution in [3.8, 4) is 5.75 Å². The van der Waals surface area contributed by atoms with Gasteiger partial charge in [-0.2, -0.15) is 0 Å². The van der Waals surface area contributed by atoms with Crippen LogP contribution >= 0.6 is 12.2 Å². The number of rotatable bonds is 11. The number of ether oxygens (including phenoxy) is 3. The second kappa shape index (κ2) is 12.0. The molecule has 1 saturated heterocycles. The van der Waals surface area contributed by atoms with E-state index in [0.717, 1.165) is 0 Å². The van der Waals surface area contributed by atoms with Crippen molar-refractivity contribution in [2.45, 2.75) is 12.5 Å². The molecule has 9 nitrogen and oxygen atoms in total. The monoisotopic (exact) mass is 462 g/mol. The standard InChI is InChI=1S/C22H26N2O7S/c1-4-9-30-20(26)14-7-6-8-15(18(14)29-3)24-19(25)16-11-13(12-23-16)17(22(28)32)21(27)31-10-5-2/h4-8,13,16-17,23H,1-2,9-12H2,3H3,(H,24,25)(H,28,32). The lowest BCUT2D eigenvalue weighted by molar-refractivity contribution is -0.146. The number of carbonyl (C=O) groups is 3. The molecule has 1 aliphatic heterocycles. The fourth-order valence-electron chi connectivity index (χ4n) is 3.39. The Morgan fingerprint density at radius 2 is 1.97 bits per heavy atom. The molecule has 3 atom stereocenters. The van der Waals surface area contributed by atoms with Crippen molar-refractivity contribution in [3.05, 3.63) is 49.1 Å². The molecule has 0 radical (unpaired) electrons. The largest absolute Gasteiger partial charge is 0.501 e. The van der Waals surface area contributed by atoms with Gasteiger partial charge in [-0.3, -0.25) is 9.59 Å². The van der Waals surface area contributed by atoms with Crippen molar-refractivity contribution in [1.82, 2.24) is 5.32 Å². The molecule has 0 spiro atoms. The van der Waals surface area contributed by atoms with E-state index in [1.165, 1.54) is 25.3 Å². The highest BCUT2D eigenvalue weighted by Gasteiger charge is 2.40. The molecule has 2 rings (SSSR count). The third kappa shape index (κ3) is 6.14. The quantitative estimate of drug-likeness (QED) is 0.258. The van der Waals surface area contributed by atoms with Crippen molar-refractivity contribution in [1.29, 1.82) is 0 Å². The first-order valence-corrected chi connectivity index (χ1v) is 10.2. The first-order valence-electron chi connectivity index (χ1n) is 9.83. The van der Waals surface area contributed by atoms with Crippen LogP contribution in [0.25, 0.3) is 0 Å². The highest BCUT2D eigenvalue weighted by Crippen LogP contribution is 2.31. The Bertz CT molecular complexity index is 902. The van der Waals surface area contributed by atoms with Crippen LogP contribution in [-0.4, -0.2) is 60.9 Å². The Balaban J connectivity index is 2.11. The predicted molar refractivity (Wildman–Crippen MR) is 122 cm³/mol. The van der Waals surface area contributed by atoms with Gasteiger partial charge in [0.05, 0.1) is 18.8 Å². The van der Waals surface area contributed by atoms with E-state index in [2.05, 4.69) is 23.8 Å². The summed E-state index contributed by atoms with van der Waals surface area (Å²) in [6, 6.07) is 4.03. The number of aliphatic hydroxyl groups is 1. The molecular formula is C22H26N2O7S. The summed E-state index contributed by atoms with van der Waals surface area (Å²) >= 11 is 4.83. The topological polar surface area (TPSA) is 123 Å². The third-order valence-corrected chi connectivity index (χ3v) is 5.10. The van der Waals surface area contributed by atoms with Gasteiger partial charge < -0.3 is 30.0 Å². The fraction of sp³-hybridized carbons (Fsp3) is 0.364. The Morgan fingerprint density at radius 3 is 2.59 bits per heavy atom. The van der Waals surface area contributed by atoms with Gasteiger partial charge in [0.2, 0.25) is 5.91 Å². The molecule has 0 aromatic heterocycles. The number of esters is 2. The average molecular weight is 463 g/mol. The first-order chi connectivity index (χ1) is 15.3. The molecule has 1 aliphatic rings. The minimum absolute atomic E-state index is 0.00657. The number of methoxy groups -OCH3 is 1. The summed E-state index contributed by atoms with van der Waals surface area (Å²) in [6.07, 6.45) is 3.09. The number of para-hydroxylation sites is 1. The van der Waals surface area contributed by atoms with Crippen LogP contribution in [0.3, 0.4) is 0 Å². The molecule has 1 amide bonds. The van der Waals surface area contributed by atoms with Crippen LogP contribution in [0.15, 0.2) is 43.5 Å². The molecule has 1 heterocycles. The molecule has 1 aromatic carbocycles. The van der Waals surface area contributed by atoms with Crippen molar-refractivity contribution in [3.63, 3.8) is 0 Å². The molecule has 0 aliphatic carbocycles. The van der Waals surface area contributed by atoms with E-state index < -0.39 is 40.8 Å². The van der Waals surface area contributed by atoms with Gasteiger partial charge in [-0.1, -0.05) is 31.4 Å². The highest BCUT2D eigenvalue weighted by atomic mass is 32.1. The molecule has 3 unspecified atom stereocenters. The number of amides is 1. The van der Waals surface area contributed by atoms with Gasteiger partial charge >= 0.3 is 11.9 Å². The van der Waals surface area contributed by atoms with E-state index in [-0.39, 0.29) is 43.2 Å². The highest BCUT2D eigenvalue weighted by molar-refractivity contribution is 7.80. The average Bonchev–Trinajstić information content (AvgIpc) is 3.25. The van der Waals surface area contributed by atoms with E-state index >= 15 is 0 Å². The summed E-state index contributed by atoms with van der Waals surface area (Å²) in [7, 11) is 1.38. The first kappa shape index (κ1) is 25.0. The summed E-state index contributed by atoms with van der Waals surface area (Å²) < 4.78 is 15.4. The summed E-state index contributed by atoms with van der Waals surface area (Å²) in [5.74, 6) is -2.99. The number of anilines is 1. The zero-order valence-electron chi connectivity index (χ0n) is 17.7. The van der Waals surface area contributed by atoms with Gasteiger partial charge in [-0.25, -0.2) is 4.79 Å². The smallest absolute Gasteiger partial charge is 0.342 e. The van der Waals surface area contributed by atoms with E-state index in [4.69, 9.17) is 26.4 Å². The summed E-state index contributed by atoms with van der Waals surface area (Å²) in [5.41, 5.74) is 0.440. The summed E-state index contributed by atoms with van der Waals surface area (Å²) in [4.78, 5) is 37.3. The number of hydrogen-bond donors (Lipinski definition) is 3. The molecule has 172 valence electrons. The minimum atomic E-state index is -1.03. The molecule has 0 saturated carbocycles. The Morgan fingerprint density at radius 1 is 1.28 bits per heavy atom. The van der Waals surface area contributed by atoms with Crippen LogP contribution < -0.4 is 15.4 Å². The lowest BCUT2D eigenvalue weighted by Crippen LogP contribution is -2.35. The van der Waals surface area contributed by atoms with Crippen molar-refractivity contribution < 1.29 is 33.7 Å². The van der Waals surface area contributed by atoms with Gasteiger partial charge in [-0.15, -0.1) is 0 Å². The van der Waals surface area contributed by atoms with Crippen LogP contribution in [0.1, 0.15) is 16.8 Å². The molecular weight excluding hydrogens is 436 g/mol. The van der Waals surface area contributed by atoms with Crippen LogP contribution in [0.2, 0.25) is 0 Å². The van der Waals surface area contributed by atoms with Gasteiger partial charge in [0, 0.05) is 6.54 Å². The molecule has 0 bridgehead atoms. The van der Waals surface area contributed by atoms with Gasteiger partial charge in [0.1, 0.15) is 24.7 Å².